The monoisotopic (exact) mass is 416 g/mol. The lowest BCUT2D eigenvalue weighted by atomic mass is 9.77. The van der Waals surface area contributed by atoms with Gasteiger partial charge in [-0.25, -0.2) is 4.79 Å². The van der Waals surface area contributed by atoms with E-state index in [9.17, 15) is 19.5 Å². The van der Waals surface area contributed by atoms with Crippen LogP contribution < -0.4 is 10.6 Å². The molecule has 3 aromatic carbocycles. The van der Waals surface area contributed by atoms with Crippen molar-refractivity contribution in [3.63, 3.8) is 0 Å². The van der Waals surface area contributed by atoms with Gasteiger partial charge in [-0.05, 0) is 16.7 Å². The Balaban J connectivity index is 2.11. The van der Waals surface area contributed by atoms with Crippen molar-refractivity contribution in [3.05, 3.63) is 108 Å². The Morgan fingerprint density at radius 3 is 1.48 bits per heavy atom. The predicted octanol–water partition coefficient (Wildman–Crippen LogP) is 3.07. The largest absolute Gasteiger partial charge is 0.480 e. The second-order valence-corrected chi connectivity index (χ2v) is 7.19. The first-order valence-electron chi connectivity index (χ1n) is 9.91. The molecule has 0 aliphatic heterocycles. The minimum atomic E-state index is -1.32. The molecular formula is C25H24N2O4. The summed E-state index contributed by atoms with van der Waals surface area (Å²) in [6, 6.07) is 27.2. The number of hydrogen-bond donors (Lipinski definition) is 3. The van der Waals surface area contributed by atoms with E-state index < -0.39 is 35.8 Å². The van der Waals surface area contributed by atoms with Crippen molar-refractivity contribution in [2.45, 2.75) is 24.9 Å². The Kier molecular flexibility index (Phi) is 6.82. The number of nitrogens with one attached hydrogen (secondary N) is 2. The number of carboxylic acids is 1. The van der Waals surface area contributed by atoms with Gasteiger partial charge in [-0.15, -0.1) is 0 Å². The number of rotatable bonds is 8. The molecule has 31 heavy (non-hydrogen) atoms. The van der Waals surface area contributed by atoms with Crippen molar-refractivity contribution >= 4 is 17.8 Å². The first kappa shape index (κ1) is 21.8. The zero-order chi connectivity index (χ0) is 22.3. The molecule has 1 atom stereocenters. The lowest BCUT2D eigenvalue weighted by Gasteiger charge is -2.37. The molecule has 0 aliphatic rings. The van der Waals surface area contributed by atoms with Gasteiger partial charge in [0.1, 0.15) is 11.6 Å². The topological polar surface area (TPSA) is 95.5 Å². The van der Waals surface area contributed by atoms with Crippen LogP contribution in [0.15, 0.2) is 91.0 Å². The summed E-state index contributed by atoms with van der Waals surface area (Å²) < 4.78 is 0. The third kappa shape index (κ3) is 4.98. The van der Waals surface area contributed by atoms with Crippen molar-refractivity contribution in [2.24, 2.45) is 0 Å². The summed E-state index contributed by atoms with van der Waals surface area (Å²) >= 11 is 0. The SMILES string of the molecule is CC(=O)NC(CC(=O)NC(c1ccccc1)(c1ccccc1)c1ccccc1)C(=O)O. The highest BCUT2D eigenvalue weighted by Crippen LogP contribution is 2.36. The van der Waals surface area contributed by atoms with Crippen LogP contribution in [0.2, 0.25) is 0 Å². The minimum Gasteiger partial charge on any atom is -0.480 e. The molecule has 3 aromatic rings. The number of hydrogen-bond acceptors (Lipinski definition) is 3. The highest BCUT2D eigenvalue weighted by Gasteiger charge is 2.38. The number of aliphatic carboxylic acids is 1. The molecular weight excluding hydrogens is 392 g/mol. The maximum Gasteiger partial charge on any atom is 0.326 e. The maximum atomic E-state index is 13.1. The minimum absolute atomic E-state index is 0.400. The standard InChI is InChI=1S/C25H24N2O4/c1-18(28)26-22(24(30)31)17-23(29)27-25(19-11-5-2-6-12-19,20-13-7-3-8-14-20)21-15-9-4-10-16-21/h2-16,22H,17H2,1H3,(H,26,28)(H,27,29)(H,30,31). The zero-order valence-corrected chi connectivity index (χ0v) is 17.1. The molecule has 1 unspecified atom stereocenters. The van der Waals surface area contributed by atoms with Gasteiger partial charge in [0.05, 0.1) is 6.42 Å². The van der Waals surface area contributed by atoms with Gasteiger partial charge in [0.2, 0.25) is 11.8 Å². The maximum absolute atomic E-state index is 13.1. The van der Waals surface area contributed by atoms with Crippen molar-refractivity contribution in [2.75, 3.05) is 0 Å². The average Bonchev–Trinajstić information content (AvgIpc) is 2.78. The van der Waals surface area contributed by atoms with E-state index in [0.29, 0.717) is 0 Å². The number of amides is 2. The van der Waals surface area contributed by atoms with E-state index in [1.54, 1.807) is 0 Å². The van der Waals surface area contributed by atoms with Crippen LogP contribution in [0.4, 0.5) is 0 Å². The van der Waals surface area contributed by atoms with E-state index in [0.717, 1.165) is 16.7 Å². The van der Waals surface area contributed by atoms with Gasteiger partial charge in [-0.2, -0.15) is 0 Å². The molecule has 3 rings (SSSR count). The zero-order valence-electron chi connectivity index (χ0n) is 17.1. The van der Waals surface area contributed by atoms with Gasteiger partial charge in [0.25, 0.3) is 0 Å². The Morgan fingerprint density at radius 2 is 1.16 bits per heavy atom. The number of carbonyl (C=O) groups excluding carboxylic acids is 2. The fourth-order valence-corrected chi connectivity index (χ4v) is 3.67. The number of carboxylic acid groups (broad SMARTS) is 1. The van der Waals surface area contributed by atoms with Crippen molar-refractivity contribution in [3.8, 4) is 0 Å². The first-order chi connectivity index (χ1) is 14.9. The van der Waals surface area contributed by atoms with Gasteiger partial charge in [-0.3, -0.25) is 9.59 Å². The molecule has 0 saturated heterocycles. The summed E-state index contributed by atoms with van der Waals surface area (Å²) in [5.74, 6) is -2.28. The summed E-state index contributed by atoms with van der Waals surface area (Å²) in [5.41, 5.74) is 1.44. The van der Waals surface area contributed by atoms with E-state index in [4.69, 9.17) is 0 Å². The van der Waals surface area contributed by atoms with Crippen LogP contribution in [0.1, 0.15) is 30.0 Å². The van der Waals surface area contributed by atoms with Crippen LogP contribution in [0.5, 0.6) is 0 Å². The Labute approximate surface area is 180 Å². The molecule has 6 nitrogen and oxygen atoms in total. The molecule has 0 heterocycles. The highest BCUT2D eigenvalue weighted by molar-refractivity contribution is 5.88. The van der Waals surface area contributed by atoms with Gasteiger partial charge >= 0.3 is 5.97 Å². The van der Waals surface area contributed by atoms with Crippen LogP contribution in [0, 0.1) is 0 Å². The highest BCUT2D eigenvalue weighted by atomic mass is 16.4. The fourth-order valence-electron chi connectivity index (χ4n) is 3.67. The third-order valence-electron chi connectivity index (χ3n) is 5.01. The molecule has 0 saturated carbocycles. The van der Waals surface area contributed by atoms with E-state index in [2.05, 4.69) is 10.6 Å². The average molecular weight is 416 g/mol. The smallest absolute Gasteiger partial charge is 0.326 e. The van der Waals surface area contributed by atoms with E-state index in [-0.39, 0.29) is 0 Å². The van der Waals surface area contributed by atoms with E-state index >= 15 is 0 Å². The van der Waals surface area contributed by atoms with Crippen LogP contribution in [-0.2, 0) is 19.9 Å². The Bertz CT molecular complexity index is 940. The number of carbonyl (C=O) groups is 3. The van der Waals surface area contributed by atoms with Crippen LogP contribution >= 0.6 is 0 Å². The molecule has 0 fully saturated rings. The Hall–Kier alpha value is -3.93. The molecule has 6 heteroatoms. The number of benzene rings is 3. The summed E-state index contributed by atoms with van der Waals surface area (Å²) in [6.07, 6.45) is -0.400. The molecule has 0 spiro atoms. The van der Waals surface area contributed by atoms with Crippen LogP contribution in [-0.4, -0.2) is 28.9 Å². The normalized spacial score (nSPS) is 11.9. The molecule has 0 bridgehead atoms. The lowest BCUT2D eigenvalue weighted by molar-refractivity contribution is -0.143. The molecule has 2 amide bonds. The second kappa shape index (κ2) is 9.71. The van der Waals surface area contributed by atoms with E-state index in [1.165, 1.54) is 6.92 Å². The van der Waals surface area contributed by atoms with Crippen molar-refractivity contribution in [1.29, 1.82) is 0 Å². The molecule has 0 aromatic heterocycles. The van der Waals surface area contributed by atoms with Crippen LogP contribution in [0.3, 0.4) is 0 Å². The van der Waals surface area contributed by atoms with Gasteiger partial charge in [-0.1, -0.05) is 91.0 Å². The van der Waals surface area contributed by atoms with Gasteiger partial charge in [0, 0.05) is 6.92 Å². The molecule has 3 N–H and O–H groups in total. The van der Waals surface area contributed by atoms with Gasteiger partial charge in [0.15, 0.2) is 0 Å². The molecule has 0 aliphatic carbocycles. The van der Waals surface area contributed by atoms with E-state index in [1.807, 2.05) is 91.0 Å². The first-order valence-corrected chi connectivity index (χ1v) is 9.91. The molecule has 0 radical (unpaired) electrons. The van der Waals surface area contributed by atoms with Gasteiger partial charge < -0.3 is 15.7 Å². The van der Waals surface area contributed by atoms with Crippen molar-refractivity contribution < 1.29 is 19.5 Å². The predicted molar refractivity (Wildman–Crippen MR) is 117 cm³/mol. The fraction of sp³-hybridized carbons (Fsp3) is 0.160. The molecule has 158 valence electrons. The Morgan fingerprint density at radius 1 is 0.774 bits per heavy atom. The summed E-state index contributed by atoms with van der Waals surface area (Å²) in [4.78, 5) is 36.1. The van der Waals surface area contributed by atoms with Crippen molar-refractivity contribution in [1.82, 2.24) is 10.6 Å². The second-order valence-electron chi connectivity index (χ2n) is 7.19. The summed E-state index contributed by atoms with van der Waals surface area (Å²) in [6.45, 7) is 1.22. The third-order valence-corrected chi connectivity index (χ3v) is 5.01. The quantitative estimate of drug-likeness (QED) is 0.492. The summed E-state index contributed by atoms with van der Waals surface area (Å²) in [7, 11) is 0. The van der Waals surface area contributed by atoms with Crippen LogP contribution in [0.25, 0.3) is 0 Å². The summed E-state index contributed by atoms with van der Waals surface area (Å²) in [5, 5.41) is 14.8. The lowest BCUT2D eigenvalue weighted by Crippen LogP contribution is -2.50.